The predicted molar refractivity (Wildman–Crippen MR) is 105 cm³/mol. The average Bonchev–Trinajstić information content (AvgIpc) is 3.06. The molecule has 0 radical (unpaired) electrons. The number of rotatable bonds is 3. The number of benzene rings is 1. The van der Waals surface area contributed by atoms with E-state index in [9.17, 15) is 0 Å². The number of H-pyrrole nitrogens is 1. The molecule has 0 amide bonds. The summed E-state index contributed by atoms with van der Waals surface area (Å²) in [7, 11) is 0. The molecule has 1 N–H and O–H groups in total. The highest BCUT2D eigenvalue weighted by Gasteiger charge is 2.27. The highest BCUT2D eigenvalue weighted by molar-refractivity contribution is 7.78. The zero-order valence-corrected chi connectivity index (χ0v) is 16.8. The second-order valence-corrected chi connectivity index (χ2v) is 8.22. The van der Waals surface area contributed by atoms with Crippen molar-refractivity contribution >= 4 is 36.0 Å². The Hall–Kier alpha value is -1.50. The summed E-state index contributed by atoms with van der Waals surface area (Å²) in [6, 6.07) is 5.54. The summed E-state index contributed by atoms with van der Waals surface area (Å²) in [5.41, 5.74) is 5.28. The zero-order valence-electron chi connectivity index (χ0n) is 14.4. The fourth-order valence-corrected chi connectivity index (χ4v) is 3.36. The van der Waals surface area contributed by atoms with Crippen molar-refractivity contribution < 1.29 is 0 Å². The van der Waals surface area contributed by atoms with Crippen LogP contribution in [0.2, 0.25) is 10.0 Å². The Labute approximate surface area is 162 Å². The zero-order chi connectivity index (χ0) is 18.4. The Bertz CT molecular complexity index is 924. The third kappa shape index (κ3) is 3.57. The van der Waals surface area contributed by atoms with Gasteiger partial charge in [0.15, 0.2) is 0 Å². The molecule has 0 spiro atoms. The molecule has 2 heterocycles. The molecule has 2 aromatic heterocycles. The number of nitrogens with one attached hydrogen (secondary N) is 1. The van der Waals surface area contributed by atoms with E-state index in [1.54, 1.807) is 6.07 Å². The van der Waals surface area contributed by atoms with Crippen molar-refractivity contribution in [2.75, 3.05) is 0 Å². The third-order valence-electron chi connectivity index (χ3n) is 4.10. The van der Waals surface area contributed by atoms with Crippen molar-refractivity contribution in [3.8, 4) is 11.4 Å². The monoisotopic (exact) mass is 395 g/mol. The quantitative estimate of drug-likeness (QED) is 0.622. The first-order chi connectivity index (χ1) is 11.7. The van der Waals surface area contributed by atoms with Gasteiger partial charge in [-0.15, -0.1) is 5.10 Å². The van der Waals surface area contributed by atoms with Gasteiger partial charge in [-0.25, -0.2) is 0 Å². The molecule has 132 valence electrons. The van der Waals surface area contributed by atoms with Crippen molar-refractivity contribution in [3.63, 3.8) is 0 Å². The molecule has 0 aliphatic carbocycles. The molecule has 25 heavy (non-hydrogen) atoms. The number of hydrogen-bond acceptors (Lipinski definition) is 4. The van der Waals surface area contributed by atoms with E-state index in [1.807, 2.05) is 19.1 Å². The van der Waals surface area contributed by atoms with Gasteiger partial charge in [0.05, 0.1) is 5.69 Å². The fourth-order valence-electron chi connectivity index (χ4n) is 2.75. The highest BCUT2D eigenvalue weighted by atomic mass is 35.5. The van der Waals surface area contributed by atoms with Crippen molar-refractivity contribution in [1.82, 2.24) is 24.6 Å². The minimum Gasteiger partial charge on any atom is -0.281 e. The standard InChI is InChI=1S/C17H19Cl2N5S/c1-9-14(21-23-24(9)25)15-12(16(22-20-15)17(2,3)4)7-10-5-6-11(18)8-13(10)19/h5-6,8,25H,7H2,1-4H3,(H,20,22). The molecule has 0 unspecified atom stereocenters. The third-order valence-corrected chi connectivity index (χ3v) is 5.06. The van der Waals surface area contributed by atoms with Crippen LogP contribution in [-0.4, -0.2) is 24.6 Å². The second-order valence-electron chi connectivity index (χ2n) is 7.00. The van der Waals surface area contributed by atoms with Crippen LogP contribution >= 0.6 is 36.0 Å². The van der Waals surface area contributed by atoms with Gasteiger partial charge in [-0.05, 0) is 37.4 Å². The predicted octanol–water partition coefficient (Wildman–Crippen LogP) is 4.86. The lowest BCUT2D eigenvalue weighted by molar-refractivity contribution is 0.561. The SMILES string of the molecule is Cc1c(-c2n[nH]c(C(C)(C)C)c2Cc2ccc(Cl)cc2Cl)nnn1S. The van der Waals surface area contributed by atoms with E-state index < -0.39 is 0 Å². The Morgan fingerprint density at radius 3 is 2.48 bits per heavy atom. The van der Waals surface area contributed by atoms with E-state index in [0.29, 0.717) is 22.2 Å². The van der Waals surface area contributed by atoms with Crippen LogP contribution in [0.3, 0.4) is 0 Å². The molecule has 0 bridgehead atoms. The molecule has 1 aromatic carbocycles. The Morgan fingerprint density at radius 1 is 1.20 bits per heavy atom. The first-order valence-corrected chi connectivity index (χ1v) is 8.97. The Balaban J connectivity index is 2.15. The Kier molecular flexibility index (Phi) is 4.88. The number of aromatic amines is 1. The Morgan fingerprint density at radius 2 is 1.92 bits per heavy atom. The van der Waals surface area contributed by atoms with Gasteiger partial charge in [0, 0.05) is 33.1 Å². The van der Waals surface area contributed by atoms with Crippen LogP contribution in [-0.2, 0) is 11.8 Å². The van der Waals surface area contributed by atoms with Crippen molar-refractivity contribution in [1.29, 1.82) is 0 Å². The van der Waals surface area contributed by atoms with Crippen LogP contribution in [0.4, 0.5) is 0 Å². The van der Waals surface area contributed by atoms with Crippen LogP contribution in [0, 0.1) is 6.92 Å². The van der Waals surface area contributed by atoms with Crippen LogP contribution in [0.1, 0.15) is 43.3 Å². The van der Waals surface area contributed by atoms with E-state index in [-0.39, 0.29) is 5.41 Å². The average molecular weight is 396 g/mol. The van der Waals surface area contributed by atoms with Crippen LogP contribution in [0.5, 0.6) is 0 Å². The van der Waals surface area contributed by atoms with Crippen molar-refractivity contribution in [2.45, 2.75) is 39.5 Å². The summed E-state index contributed by atoms with van der Waals surface area (Å²) in [6.07, 6.45) is 0.618. The lowest BCUT2D eigenvalue weighted by atomic mass is 9.86. The molecule has 5 nitrogen and oxygen atoms in total. The van der Waals surface area contributed by atoms with Gasteiger partial charge < -0.3 is 0 Å². The van der Waals surface area contributed by atoms with Gasteiger partial charge in [0.1, 0.15) is 11.4 Å². The summed E-state index contributed by atoms with van der Waals surface area (Å²) in [4.78, 5) is 0. The molecule has 3 aromatic rings. The largest absolute Gasteiger partial charge is 0.281 e. The number of thiol groups is 1. The lowest BCUT2D eigenvalue weighted by Gasteiger charge is -2.19. The smallest absolute Gasteiger partial charge is 0.137 e. The molecule has 0 fully saturated rings. The minimum absolute atomic E-state index is 0.107. The maximum absolute atomic E-state index is 6.39. The van der Waals surface area contributed by atoms with Crippen molar-refractivity contribution in [3.05, 3.63) is 50.8 Å². The molecular weight excluding hydrogens is 377 g/mol. The maximum atomic E-state index is 6.39. The molecule has 0 saturated heterocycles. The highest BCUT2D eigenvalue weighted by Crippen LogP contribution is 2.34. The first-order valence-electron chi connectivity index (χ1n) is 7.82. The van der Waals surface area contributed by atoms with E-state index in [1.165, 1.54) is 4.09 Å². The van der Waals surface area contributed by atoms with Crippen LogP contribution in [0.25, 0.3) is 11.4 Å². The number of aromatic nitrogens is 5. The summed E-state index contributed by atoms with van der Waals surface area (Å²) < 4.78 is 1.44. The normalized spacial score (nSPS) is 12.0. The molecule has 8 heteroatoms. The van der Waals surface area contributed by atoms with E-state index in [4.69, 9.17) is 23.2 Å². The summed E-state index contributed by atoms with van der Waals surface area (Å²) in [6.45, 7) is 8.32. The fraction of sp³-hybridized carbons (Fsp3) is 0.353. The second kappa shape index (κ2) is 6.67. The molecule has 3 rings (SSSR count). The lowest BCUT2D eigenvalue weighted by Crippen LogP contribution is -2.14. The first kappa shape index (κ1) is 18.3. The van der Waals surface area contributed by atoms with Crippen LogP contribution < -0.4 is 0 Å². The minimum atomic E-state index is -0.107. The van der Waals surface area contributed by atoms with Gasteiger partial charge in [-0.1, -0.05) is 55.3 Å². The molecular formula is C17H19Cl2N5S. The number of halogens is 2. The van der Waals surface area contributed by atoms with E-state index >= 15 is 0 Å². The molecule has 0 aliphatic heterocycles. The van der Waals surface area contributed by atoms with Crippen molar-refractivity contribution in [2.24, 2.45) is 0 Å². The van der Waals surface area contributed by atoms with Gasteiger partial charge in [-0.2, -0.15) is 9.19 Å². The molecule has 0 saturated carbocycles. The van der Waals surface area contributed by atoms with Gasteiger partial charge >= 0.3 is 0 Å². The topological polar surface area (TPSA) is 59.4 Å². The molecule has 0 aliphatic rings. The van der Waals surface area contributed by atoms with Crippen LogP contribution in [0.15, 0.2) is 18.2 Å². The van der Waals surface area contributed by atoms with E-state index in [2.05, 4.69) is 54.1 Å². The van der Waals surface area contributed by atoms with E-state index in [0.717, 1.165) is 28.2 Å². The maximum Gasteiger partial charge on any atom is 0.137 e. The number of nitrogens with zero attached hydrogens (tertiary/aromatic N) is 4. The van der Waals surface area contributed by atoms with Gasteiger partial charge in [0.2, 0.25) is 0 Å². The summed E-state index contributed by atoms with van der Waals surface area (Å²) in [5, 5.41) is 17.2. The molecule has 0 atom stereocenters. The summed E-state index contributed by atoms with van der Waals surface area (Å²) in [5.74, 6) is 0. The number of hydrogen-bond donors (Lipinski definition) is 2. The van der Waals surface area contributed by atoms with Gasteiger partial charge in [-0.3, -0.25) is 5.10 Å². The summed E-state index contributed by atoms with van der Waals surface area (Å²) >= 11 is 16.7. The van der Waals surface area contributed by atoms with Gasteiger partial charge in [0.25, 0.3) is 0 Å².